The van der Waals surface area contributed by atoms with E-state index in [0.29, 0.717) is 23.3 Å². The molecule has 6 nitrogen and oxygen atoms in total. The second kappa shape index (κ2) is 13.5. The van der Waals surface area contributed by atoms with Gasteiger partial charge in [-0.25, -0.2) is 24.9 Å². The van der Waals surface area contributed by atoms with E-state index in [1.807, 2.05) is 91.0 Å². The molecule has 0 saturated heterocycles. The summed E-state index contributed by atoms with van der Waals surface area (Å²) < 4.78 is 6.67. The fourth-order valence-corrected chi connectivity index (χ4v) is 9.14. The molecule has 6 heteroatoms. The number of nitrogens with zero attached hydrogens (tertiary/aromatic N) is 5. The van der Waals surface area contributed by atoms with Crippen molar-refractivity contribution in [3.05, 3.63) is 222 Å². The van der Waals surface area contributed by atoms with Crippen LogP contribution in [0.15, 0.2) is 200 Å². The van der Waals surface area contributed by atoms with Gasteiger partial charge in [-0.3, -0.25) is 0 Å². The highest BCUT2D eigenvalue weighted by molar-refractivity contribution is 5.95. The third kappa shape index (κ3) is 5.24. The van der Waals surface area contributed by atoms with Crippen LogP contribution in [0.5, 0.6) is 11.5 Å². The first-order valence-electron chi connectivity index (χ1n) is 20.1. The Balaban J connectivity index is 1.11. The normalized spacial score (nSPS) is 12.9. The minimum Gasteiger partial charge on any atom is -0.457 e. The standard InChI is InChI=1S/C54H33N5O/c1-4-16-34(17-5-1)49-40-22-10-13-25-46(40)55-52(56-49)37-29-31-42-41(32-37)39-30-28-38(33-45(39)54(42)43-23-11-14-26-47(43)60-48-27-15-12-24-44(48)54)53-58-50(35-18-6-2-7-19-35)57-51(59-53)36-20-8-3-9-21-36/h1-33H. The Morgan fingerprint density at radius 3 is 1.47 bits per heavy atom. The molecule has 0 radical (unpaired) electrons. The van der Waals surface area contributed by atoms with E-state index in [2.05, 4.69) is 109 Å². The monoisotopic (exact) mass is 767 g/mol. The summed E-state index contributed by atoms with van der Waals surface area (Å²) >= 11 is 0. The fourth-order valence-electron chi connectivity index (χ4n) is 9.14. The van der Waals surface area contributed by atoms with Gasteiger partial charge in [0.2, 0.25) is 0 Å². The van der Waals surface area contributed by atoms with Gasteiger partial charge in [-0.15, -0.1) is 0 Å². The molecule has 0 amide bonds. The van der Waals surface area contributed by atoms with Gasteiger partial charge in [0, 0.05) is 44.3 Å². The molecule has 0 N–H and O–H groups in total. The molecule has 0 bridgehead atoms. The minimum absolute atomic E-state index is 0.601. The van der Waals surface area contributed by atoms with E-state index in [1.54, 1.807) is 0 Å². The molecule has 2 aromatic heterocycles. The van der Waals surface area contributed by atoms with Crippen LogP contribution >= 0.6 is 0 Å². The number of aromatic nitrogens is 5. The van der Waals surface area contributed by atoms with Gasteiger partial charge in [-0.05, 0) is 52.6 Å². The van der Waals surface area contributed by atoms with E-state index in [-0.39, 0.29) is 0 Å². The van der Waals surface area contributed by atoms with Crippen molar-refractivity contribution in [2.45, 2.75) is 5.41 Å². The third-order valence-corrected chi connectivity index (χ3v) is 11.8. The molecular weight excluding hydrogens is 735 g/mol. The van der Waals surface area contributed by atoms with E-state index in [9.17, 15) is 0 Å². The zero-order chi connectivity index (χ0) is 39.6. The Morgan fingerprint density at radius 1 is 0.317 bits per heavy atom. The molecule has 60 heavy (non-hydrogen) atoms. The van der Waals surface area contributed by atoms with Crippen molar-refractivity contribution in [3.63, 3.8) is 0 Å². The summed E-state index contributed by atoms with van der Waals surface area (Å²) in [5.41, 5.74) is 12.5. The van der Waals surface area contributed by atoms with Crippen LogP contribution < -0.4 is 4.74 Å². The molecule has 280 valence electrons. The van der Waals surface area contributed by atoms with Gasteiger partial charge >= 0.3 is 0 Å². The summed E-state index contributed by atoms with van der Waals surface area (Å²) in [4.78, 5) is 25.7. The molecule has 0 atom stereocenters. The molecule has 10 aromatic rings. The summed E-state index contributed by atoms with van der Waals surface area (Å²) in [6.07, 6.45) is 0. The van der Waals surface area contributed by atoms with Crippen molar-refractivity contribution in [2.24, 2.45) is 0 Å². The third-order valence-electron chi connectivity index (χ3n) is 11.8. The molecule has 2 aliphatic rings. The van der Waals surface area contributed by atoms with E-state index in [1.165, 1.54) is 0 Å². The van der Waals surface area contributed by atoms with Crippen molar-refractivity contribution in [1.82, 2.24) is 24.9 Å². The Hall–Kier alpha value is -8.09. The number of ether oxygens (including phenoxy) is 1. The number of benzene rings is 8. The lowest BCUT2D eigenvalue weighted by molar-refractivity contribution is 0.436. The quantitative estimate of drug-likeness (QED) is 0.174. The van der Waals surface area contributed by atoms with E-state index >= 15 is 0 Å². The molecule has 1 aliphatic heterocycles. The number of fused-ring (bicyclic) bond motifs is 10. The Kier molecular flexibility index (Phi) is 7.65. The lowest BCUT2D eigenvalue weighted by atomic mass is 9.66. The highest BCUT2D eigenvalue weighted by Crippen LogP contribution is 2.62. The molecule has 0 saturated carbocycles. The second-order valence-corrected chi connectivity index (χ2v) is 15.2. The molecule has 1 spiro atoms. The highest BCUT2D eigenvalue weighted by Gasteiger charge is 2.51. The second-order valence-electron chi connectivity index (χ2n) is 15.2. The highest BCUT2D eigenvalue weighted by atomic mass is 16.5. The fraction of sp³-hybridized carbons (Fsp3) is 0.0185. The molecule has 8 aromatic carbocycles. The van der Waals surface area contributed by atoms with Crippen molar-refractivity contribution >= 4 is 10.9 Å². The van der Waals surface area contributed by atoms with Crippen molar-refractivity contribution < 1.29 is 4.74 Å². The topological polar surface area (TPSA) is 73.7 Å². The van der Waals surface area contributed by atoms with Crippen LogP contribution in [0.4, 0.5) is 0 Å². The summed E-state index contributed by atoms with van der Waals surface area (Å²) in [6.45, 7) is 0. The van der Waals surface area contributed by atoms with Gasteiger partial charge in [0.05, 0.1) is 16.6 Å². The van der Waals surface area contributed by atoms with E-state index in [4.69, 9.17) is 29.7 Å². The van der Waals surface area contributed by atoms with Gasteiger partial charge in [0.15, 0.2) is 23.3 Å². The Bertz CT molecular complexity index is 3190. The van der Waals surface area contributed by atoms with Crippen molar-refractivity contribution in [3.8, 4) is 79.4 Å². The van der Waals surface area contributed by atoms with Gasteiger partial charge in [-0.2, -0.15) is 0 Å². The average molecular weight is 768 g/mol. The maximum Gasteiger partial charge on any atom is 0.164 e. The number of para-hydroxylation sites is 3. The van der Waals surface area contributed by atoms with Crippen LogP contribution in [0.3, 0.4) is 0 Å². The number of rotatable bonds is 5. The lowest BCUT2D eigenvalue weighted by Gasteiger charge is -2.39. The summed E-state index contributed by atoms with van der Waals surface area (Å²) in [5, 5.41) is 1.02. The van der Waals surface area contributed by atoms with E-state index < -0.39 is 5.41 Å². The SMILES string of the molecule is c1ccc(-c2nc(-c3ccccc3)nc(-c3ccc4c(c3)C3(c5ccccc5Oc5ccccc53)c3ccc(-c5nc(-c6ccccc6)c6ccccc6n5)cc3-4)n2)cc1. The van der Waals surface area contributed by atoms with Crippen molar-refractivity contribution in [2.75, 3.05) is 0 Å². The van der Waals surface area contributed by atoms with Crippen LogP contribution in [-0.4, -0.2) is 24.9 Å². The Morgan fingerprint density at radius 2 is 0.817 bits per heavy atom. The smallest absolute Gasteiger partial charge is 0.164 e. The molecule has 3 heterocycles. The zero-order valence-electron chi connectivity index (χ0n) is 32.2. The summed E-state index contributed by atoms with van der Waals surface area (Å²) in [5.74, 6) is 4.17. The van der Waals surface area contributed by atoms with E-state index in [0.717, 1.165) is 89.3 Å². The van der Waals surface area contributed by atoms with Gasteiger partial charge < -0.3 is 4.74 Å². The van der Waals surface area contributed by atoms with Crippen molar-refractivity contribution in [1.29, 1.82) is 0 Å². The average Bonchev–Trinajstić information content (AvgIpc) is 3.61. The maximum atomic E-state index is 6.67. The molecule has 0 fully saturated rings. The van der Waals surface area contributed by atoms with Crippen LogP contribution in [0.25, 0.3) is 78.8 Å². The zero-order valence-corrected chi connectivity index (χ0v) is 32.2. The predicted octanol–water partition coefficient (Wildman–Crippen LogP) is 12.6. The molecule has 1 aliphatic carbocycles. The van der Waals surface area contributed by atoms with Crippen LogP contribution in [0, 0.1) is 0 Å². The minimum atomic E-state index is -0.707. The van der Waals surface area contributed by atoms with Gasteiger partial charge in [0.25, 0.3) is 0 Å². The molecule has 12 rings (SSSR count). The largest absolute Gasteiger partial charge is 0.457 e. The first-order valence-corrected chi connectivity index (χ1v) is 20.1. The summed E-state index contributed by atoms with van der Waals surface area (Å²) in [7, 11) is 0. The summed E-state index contributed by atoms with van der Waals surface area (Å²) in [6, 6.07) is 69.0. The van der Waals surface area contributed by atoms with Gasteiger partial charge in [-0.1, -0.05) is 170 Å². The van der Waals surface area contributed by atoms with Crippen LogP contribution in [-0.2, 0) is 5.41 Å². The maximum absolute atomic E-state index is 6.67. The molecule has 0 unspecified atom stereocenters. The van der Waals surface area contributed by atoms with Crippen LogP contribution in [0.1, 0.15) is 22.3 Å². The first kappa shape index (κ1) is 34.0. The van der Waals surface area contributed by atoms with Crippen LogP contribution in [0.2, 0.25) is 0 Å². The number of hydrogen-bond acceptors (Lipinski definition) is 6. The Labute approximate surface area is 346 Å². The predicted molar refractivity (Wildman–Crippen MR) is 237 cm³/mol. The number of hydrogen-bond donors (Lipinski definition) is 0. The van der Waals surface area contributed by atoms with Gasteiger partial charge in [0.1, 0.15) is 11.5 Å². The molecular formula is C54H33N5O. The first-order chi connectivity index (χ1) is 29.7. The lowest BCUT2D eigenvalue weighted by Crippen LogP contribution is -2.32.